The van der Waals surface area contributed by atoms with Crippen LogP contribution in [-0.2, 0) is 38.7 Å². The SMILES string of the molecule is CC.CS(N)(=O)=O.CS(N)(=O)=O.CSOON.CSOOO.O=c1[nH]c2ccccc2c2nc3ccccc3n12. The largest absolute Gasteiger partial charge is 0.332 e. The summed E-state index contributed by atoms with van der Waals surface area (Å²) >= 11 is 1.98. The molecule has 0 saturated heterocycles. The molecule has 2 aromatic heterocycles. The Hall–Kier alpha value is -2.34. The predicted molar refractivity (Wildman–Crippen MR) is 158 cm³/mol. The number of sulfonamides is 2. The number of nitrogens with one attached hydrogen (secondary N) is 1. The monoisotopic (exact) mass is 646 g/mol. The van der Waals surface area contributed by atoms with Crippen LogP contribution < -0.4 is 21.9 Å². The number of benzene rings is 2. The molecular weight excluding hydrogens is 613 g/mol. The lowest BCUT2D eigenvalue weighted by molar-refractivity contribution is -0.432. The van der Waals surface area contributed by atoms with Crippen LogP contribution in [0.2, 0.25) is 0 Å². The minimum absolute atomic E-state index is 0.155. The van der Waals surface area contributed by atoms with E-state index in [0.717, 1.165) is 58.5 Å². The average molecular weight is 647 g/mol. The molecule has 0 radical (unpaired) electrons. The van der Waals surface area contributed by atoms with Gasteiger partial charge in [-0.3, -0.25) is 0 Å². The first-order valence-corrected chi connectivity index (χ1v) is 16.8. The highest BCUT2D eigenvalue weighted by Crippen LogP contribution is 2.20. The van der Waals surface area contributed by atoms with Crippen molar-refractivity contribution >= 4 is 71.7 Å². The van der Waals surface area contributed by atoms with Gasteiger partial charge in [0.05, 0.1) is 29.1 Å². The maximum absolute atomic E-state index is 12.1. The molecule has 0 atom stereocenters. The molecule has 0 aliphatic heterocycles. The van der Waals surface area contributed by atoms with Gasteiger partial charge in [0, 0.05) is 42.0 Å². The summed E-state index contributed by atoms with van der Waals surface area (Å²) in [4.78, 5) is 23.2. The lowest BCUT2D eigenvalue weighted by atomic mass is 10.2. The van der Waals surface area contributed by atoms with Crippen LogP contribution in [0, 0.1) is 0 Å². The van der Waals surface area contributed by atoms with Gasteiger partial charge in [-0.2, -0.15) is 5.90 Å². The summed E-state index contributed by atoms with van der Waals surface area (Å²) in [6.45, 7) is 4.00. The number of aromatic nitrogens is 3. The van der Waals surface area contributed by atoms with Crippen LogP contribution in [0.15, 0.2) is 53.3 Å². The van der Waals surface area contributed by atoms with E-state index in [0.29, 0.717) is 5.65 Å². The van der Waals surface area contributed by atoms with Gasteiger partial charge in [-0.25, -0.2) is 46.5 Å². The minimum Gasteiger partial charge on any atom is -0.306 e. The number of nitrogens with two attached hydrogens (primary N) is 3. The number of fused-ring (bicyclic) bond motifs is 5. The number of rotatable bonds is 4. The van der Waals surface area contributed by atoms with Crippen molar-refractivity contribution in [2.75, 3.05) is 25.0 Å². The second-order valence-electron chi connectivity index (χ2n) is 6.53. The molecule has 0 saturated carbocycles. The Morgan fingerprint density at radius 3 is 1.80 bits per heavy atom. The first kappa shape index (κ1) is 39.8. The summed E-state index contributed by atoms with van der Waals surface area (Å²) in [6.07, 6.45) is 5.20. The van der Waals surface area contributed by atoms with Crippen LogP contribution in [0.4, 0.5) is 0 Å². The number of para-hydroxylation sites is 3. The average Bonchev–Trinajstić information content (AvgIpc) is 3.26. The molecule has 16 nitrogen and oxygen atoms in total. The molecule has 2 aromatic carbocycles. The van der Waals surface area contributed by atoms with E-state index in [1.54, 1.807) is 16.9 Å². The van der Waals surface area contributed by atoms with Crippen LogP contribution in [-0.4, -0.2) is 61.5 Å². The second-order valence-corrected chi connectivity index (χ2v) is 10.8. The number of nitrogens with zero attached hydrogens (tertiary/aromatic N) is 2. The molecule has 4 rings (SSSR count). The summed E-state index contributed by atoms with van der Waals surface area (Å²) < 4.78 is 47.1. The third-order valence-corrected chi connectivity index (χ3v) is 3.79. The van der Waals surface area contributed by atoms with Crippen molar-refractivity contribution in [2.45, 2.75) is 13.8 Å². The second kappa shape index (κ2) is 21.4. The Morgan fingerprint density at radius 2 is 1.38 bits per heavy atom. The molecule has 8 N–H and O–H groups in total. The van der Waals surface area contributed by atoms with Crippen molar-refractivity contribution in [1.82, 2.24) is 14.4 Å². The van der Waals surface area contributed by atoms with Crippen molar-refractivity contribution in [1.29, 1.82) is 0 Å². The number of hydrogen-bond acceptors (Lipinski definition) is 14. The maximum atomic E-state index is 12.1. The highest BCUT2D eigenvalue weighted by Gasteiger charge is 2.10. The molecule has 0 spiro atoms. The zero-order valence-corrected chi connectivity index (χ0v) is 25.8. The molecule has 0 aliphatic rings. The molecule has 0 amide bonds. The topological polar surface area (TPSA) is 254 Å². The molecule has 0 bridgehead atoms. The van der Waals surface area contributed by atoms with E-state index in [2.05, 4.69) is 44.8 Å². The Balaban J connectivity index is 0. The predicted octanol–water partition coefficient (Wildman–Crippen LogP) is 1.94. The van der Waals surface area contributed by atoms with Crippen LogP contribution in [0.25, 0.3) is 27.6 Å². The van der Waals surface area contributed by atoms with E-state index in [1.165, 1.54) is 0 Å². The summed E-state index contributed by atoms with van der Waals surface area (Å²) in [5.74, 6) is 4.40. The molecule has 0 aliphatic carbocycles. The molecule has 4 aromatic rings. The van der Waals surface area contributed by atoms with Crippen LogP contribution in [0.5, 0.6) is 0 Å². The highest BCUT2D eigenvalue weighted by atomic mass is 32.2. The van der Waals surface area contributed by atoms with Crippen LogP contribution >= 0.6 is 24.1 Å². The van der Waals surface area contributed by atoms with Gasteiger partial charge >= 0.3 is 5.69 Å². The van der Waals surface area contributed by atoms with Gasteiger partial charge in [-0.05, 0) is 24.3 Å². The van der Waals surface area contributed by atoms with E-state index >= 15 is 0 Å². The van der Waals surface area contributed by atoms with Gasteiger partial charge in [-0.15, -0.1) is 13.7 Å². The van der Waals surface area contributed by atoms with Crippen molar-refractivity contribution in [3.8, 4) is 0 Å². The third kappa shape index (κ3) is 18.9. The van der Waals surface area contributed by atoms with E-state index in [1.807, 2.05) is 62.4 Å². The van der Waals surface area contributed by atoms with Crippen molar-refractivity contribution < 1.29 is 40.8 Å². The van der Waals surface area contributed by atoms with Gasteiger partial charge in [0.1, 0.15) is 0 Å². The molecule has 228 valence electrons. The Morgan fingerprint density at radius 1 is 0.900 bits per heavy atom. The highest BCUT2D eigenvalue weighted by molar-refractivity contribution is 7.94. The van der Waals surface area contributed by atoms with Crippen LogP contribution in [0.3, 0.4) is 0 Å². The summed E-state index contributed by atoms with van der Waals surface area (Å²) in [6, 6.07) is 15.3. The van der Waals surface area contributed by atoms with Crippen molar-refractivity contribution in [3.05, 3.63) is 59.0 Å². The normalized spacial score (nSPS) is 10.3. The van der Waals surface area contributed by atoms with Gasteiger partial charge < -0.3 is 4.98 Å². The molecule has 20 heteroatoms. The third-order valence-electron chi connectivity index (χ3n) is 3.38. The lowest BCUT2D eigenvalue weighted by Crippen LogP contribution is -2.15. The number of hydrogen-bond donors (Lipinski definition) is 5. The summed E-state index contributed by atoms with van der Waals surface area (Å²) in [5, 5.41) is 20.1. The lowest BCUT2D eigenvalue weighted by Gasteiger charge is -1.99. The number of imidazole rings is 1. The number of primary sulfonamides is 2. The molecule has 0 fully saturated rings. The quantitative estimate of drug-likeness (QED) is 0.121. The standard InChI is InChI=1S/C14H9N3O.C2H6.3CH5NO2S.CH4O3S/c18-14-16-10-6-2-1-5-9(10)13-15-11-7-3-4-8-12(11)17(13)14;1-2;2*1-5(2,3)4;2*1-5-4-3-2/h1-8H,(H,16,18);1-2H3;2*1H3,(H2,2,3,4);2H2,1H3;2H,1H3. The van der Waals surface area contributed by atoms with Gasteiger partial charge in [0.2, 0.25) is 20.0 Å². The van der Waals surface area contributed by atoms with E-state index in [-0.39, 0.29) is 5.69 Å². The Labute approximate surface area is 240 Å². The molecule has 40 heavy (non-hydrogen) atoms. The zero-order chi connectivity index (χ0) is 31.4. The summed E-state index contributed by atoms with van der Waals surface area (Å²) in [7, 11) is -6.33. The molecule has 2 heterocycles. The number of aromatic amines is 1. The van der Waals surface area contributed by atoms with Crippen molar-refractivity contribution in [3.63, 3.8) is 0 Å². The Bertz CT molecular complexity index is 1470. The van der Waals surface area contributed by atoms with Crippen LogP contribution in [0.1, 0.15) is 13.8 Å². The fraction of sp³-hybridized carbons (Fsp3) is 0.300. The maximum Gasteiger partial charge on any atom is 0.332 e. The fourth-order valence-electron chi connectivity index (χ4n) is 2.44. The summed E-state index contributed by atoms with van der Waals surface area (Å²) in [5.41, 5.74) is 3.03. The van der Waals surface area contributed by atoms with Gasteiger partial charge in [0.15, 0.2) is 5.65 Å². The Kier molecular flexibility index (Phi) is 21.3. The van der Waals surface area contributed by atoms with Gasteiger partial charge in [-0.1, -0.05) is 43.2 Å². The smallest absolute Gasteiger partial charge is 0.306 e. The molecular formula is C20H34N6O10S4. The number of H-pyrrole nitrogens is 1. The fourth-order valence-corrected chi connectivity index (χ4v) is 2.58. The van der Waals surface area contributed by atoms with E-state index in [4.69, 9.17) is 5.26 Å². The van der Waals surface area contributed by atoms with E-state index in [9.17, 15) is 21.6 Å². The molecule has 0 unspecified atom stereocenters. The van der Waals surface area contributed by atoms with Gasteiger partial charge in [0.25, 0.3) is 0 Å². The van der Waals surface area contributed by atoms with E-state index < -0.39 is 20.0 Å². The first-order valence-electron chi connectivity index (χ1n) is 10.6. The zero-order valence-electron chi connectivity index (χ0n) is 22.5. The minimum atomic E-state index is -3.17. The first-order chi connectivity index (χ1) is 18.7. The van der Waals surface area contributed by atoms with Crippen molar-refractivity contribution in [2.24, 2.45) is 16.2 Å².